The highest BCUT2D eigenvalue weighted by Crippen LogP contribution is 2.43. The zero-order chi connectivity index (χ0) is 46.1. The molecule has 0 nitrogen and oxygen atoms in total. The van der Waals surface area contributed by atoms with Gasteiger partial charge in [-0.3, -0.25) is 0 Å². The average Bonchev–Trinajstić information content (AvgIpc) is 3.65. The normalized spacial score (nSPS) is 13.7. The van der Waals surface area contributed by atoms with Gasteiger partial charge in [-0.1, -0.05) is 248 Å². The summed E-state index contributed by atoms with van der Waals surface area (Å²) < 4.78 is 0. The molecule has 0 heterocycles. The van der Waals surface area contributed by atoms with Gasteiger partial charge >= 0.3 is 0 Å². The summed E-state index contributed by atoms with van der Waals surface area (Å²) in [6.45, 7) is 16.7. The molecule has 0 N–H and O–H groups in total. The standard InChI is InChI=1S/C64H96Si/c1-8-14-20-26-34-53-43-54(35-27-21-15-9-2)47-60(46-53)65(64-52(7)42-59-40-32-33-41-63(59)64,61-48-55(36-28-22-16-10-3)44-56(49-61)37-29-23-17-11-4)62-50-57(38-30-24-18-12-5)45-58(51-62)39-31-25-19-13-6/h32-33,40-51,64H,8-31,34-39H2,1-7H3. The van der Waals surface area contributed by atoms with Gasteiger partial charge in [0.1, 0.15) is 0 Å². The Bertz CT molecular complexity index is 1710. The third kappa shape index (κ3) is 15.7. The summed E-state index contributed by atoms with van der Waals surface area (Å²) in [5, 5.41) is 5.06. The van der Waals surface area contributed by atoms with E-state index >= 15 is 0 Å². The fourth-order valence-corrected chi connectivity index (χ4v) is 17.4. The molecule has 4 aromatic carbocycles. The van der Waals surface area contributed by atoms with Crippen LogP contribution < -0.4 is 15.6 Å². The van der Waals surface area contributed by atoms with Gasteiger partial charge < -0.3 is 0 Å². The molecule has 0 amide bonds. The molecule has 1 atom stereocenters. The molecule has 0 aliphatic heterocycles. The van der Waals surface area contributed by atoms with E-state index in [1.54, 1.807) is 60.1 Å². The number of allylic oxidation sites excluding steroid dienone is 1. The maximum atomic E-state index is 2.81. The lowest BCUT2D eigenvalue weighted by Gasteiger charge is -2.42. The molecular formula is C64H96Si. The van der Waals surface area contributed by atoms with Crippen LogP contribution in [0.4, 0.5) is 0 Å². The number of hydrogen-bond donors (Lipinski definition) is 0. The van der Waals surface area contributed by atoms with Crippen LogP contribution >= 0.6 is 0 Å². The molecule has 0 bridgehead atoms. The molecule has 0 aromatic heterocycles. The molecule has 0 radical (unpaired) electrons. The van der Waals surface area contributed by atoms with Crippen molar-refractivity contribution >= 4 is 29.7 Å². The highest BCUT2D eigenvalue weighted by atomic mass is 28.3. The molecule has 0 saturated carbocycles. The van der Waals surface area contributed by atoms with Gasteiger partial charge in [0.05, 0.1) is 0 Å². The monoisotopic (exact) mass is 893 g/mol. The van der Waals surface area contributed by atoms with Crippen LogP contribution in [0.15, 0.2) is 84.4 Å². The van der Waals surface area contributed by atoms with Gasteiger partial charge in [0.25, 0.3) is 0 Å². The summed E-state index contributed by atoms with van der Waals surface area (Å²) in [4.78, 5) is 0. The molecule has 356 valence electrons. The SMILES string of the molecule is CCCCCCc1cc(CCCCCC)cc([Si](c2cc(CCCCCC)cc(CCCCCC)c2)(c2cc(CCCCCC)cc(CCCCCC)c2)C2C(C)=Cc3ccccc32)c1. The number of hydrogen-bond acceptors (Lipinski definition) is 0. The number of unbranched alkanes of at least 4 members (excludes halogenated alkanes) is 18. The summed E-state index contributed by atoms with van der Waals surface area (Å²) in [7, 11) is -2.89. The Hall–Kier alpha value is -3.16. The van der Waals surface area contributed by atoms with Crippen LogP contribution in [0.1, 0.15) is 253 Å². The lowest BCUT2D eigenvalue weighted by molar-refractivity contribution is 0.661. The lowest BCUT2D eigenvalue weighted by atomic mass is 10.00. The molecule has 1 unspecified atom stereocenters. The Morgan fingerprint density at radius 1 is 0.338 bits per heavy atom. The van der Waals surface area contributed by atoms with Crippen LogP contribution in [0.25, 0.3) is 6.08 Å². The Morgan fingerprint density at radius 3 is 0.892 bits per heavy atom. The van der Waals surface area contributed by atoms with Crippen molar-refractivity contribution in [2.24, 2.45) is 0 Å². The Kier molecular flexibility index (Phi) is 24.0. The highest BCUT2D eigenvalue weighted by Gasteiger charge is 2.50. The average molecular weight is 894 g/mol. The van der Waals surface area contributed by atoms with Gasteiger partial charge in [-0.15, -0.1) is 0 Å². The molecule has 65 heavy (non-hydrogen) atoms. The van der Waals surface area contributed by atoms with Crippen molar-refractivity contribution in [2.45, 2.75) is 247 Å². The number of benzene rings is 4. The Labute approximate surface area is 403 Å². The highest BCUT2D eigenvalue weighted by molar-refractivity contribution is 7.12. The fourth-order valence-electron chi connectivity index (χ4n) is 11.4. The topological polar surface area (TPSA) is 0 Å². The van der Waals surface area contributed by atoms with Crippen LogP contribution in [0.3, 0.4) is 0 Å². The van der Waals surface area contributed by atoms with Crippen molar-refractivity contribution in [1.82, 2.24) is 0 Å². The van der Waals surface area contributed by atoms with Gasteiger partial charge in [0.15, 0.2) is 8.07 Å². The van der Waals surface area contributed by atoms with E-state index in [4.69, 9.17) is 0 Å². The van der Waals surface area contributed by atoms with E-state index in [0.717, 1.165) is 0 Å². The Morgan fingerprint density at radius 2 is 0.615 bits per heavy atom. The summed E-state index contributed by atoms with van der Waals surface area (Å²) in [6.07, 6.45) is 41.2. The third-order valence-corrected chi connectivity index (χ3v) is 20.2. The summed E-state index contributed by atoms with van der Waals surface area (Å²) >= 11 is 0. The van der Waals surface area contributed by atoms with E-state index in [2.05, 4.69) is 133 Å². The van der Waals surface area contributed by atoms with Gasteiger partial charge in [-0.05, 0) is 144 Å². The van der Waals surface area contributed by atoms with E-state index in [1.165, 1.54) is 198 Å². The zero-order valence-electron chi connectivity index (χ0n) is 43.4. The van der Waals surface area contributed by atoms with Crippen LogP contribution in [-0.2, 0) is 38.5 Å². The van der Waals surface area contributed by atoms with Gasteiger partial charge in [0, 0.05) is 5.54 Å². The molecule has 0 saturated heterocycles. The molecule has 0 spiro atoms. The zero-order valence-corrected chi connectivity index (χ0v) is 44.4. The van der Waals surface area contributed by atoms with Gasteiger partial charge in [-0.25, -0.2) is 0 Å². The molecule has 1 heteroatoms. The summed E-state index contributed by atoms with van der Waals surface area (Å²) in [5.74, 6) is 0. The van der Waals surface area contributed by atoms with Crippen LogP contribution in [-0.4, -0.2) is 8.07 Å². The fraction of sp³-hybridized carbons (Fsp3) is 0.594. The number of aryl methyl sites for hydroxylation is 6. The van der Waals surface area contributed by atoms with Crippen molar-refractivity contribution in [2.75, 3.05) is 0 Å². The van der Waals surface area contributed by atoms with Crippen molar-refractivity contribution in [3.8, 4) is 0 Å². The second-order valence-electron chi connectivity index (χ2n) is 20.7. The van der Waals surface area contributed by atoms with Crippen molar-refractivity contribution in [3.05, 3.63) is 129 Å². The lowest BCUT2D eigenvalue weighted by Crippen LogP contribution is -2.71. The third-order valence-electron chi connectivity index (χ3n) is 15.0. The van der Waals surface area contributed by atoms with E-state index in [-0.39, 0.29) is 0 Å². The minimum atomic E-state index is -2.89. The maximum Gasteiger partial charge on any atom is 0.159 e. The summed E-state index contributed by atoms with van der Waals surface area (Å²) in [6, 6.07) is 34.5. The van der Waals surface area contributed by atoms with Crippen LogP contribution in [0.2, 0.25) is 0 Å². The van der Waals surface area contributed by atoms with Crippen LogP contribution in [0.5, 0.6) is 0 Å². The molecule has 4 aromatic rings. The Balaban J connectivity index is 1.90. The number of fused-ring (bicyclic) bond motifs is 1. The second kappa shape index (κ2) is 29.6. The second-order valence-corrected chi connectivity index (χ2v) is 24.7. The first kappa shape index (κ1) is 52.8. The van der Waals surface area contributed by atoms with Gasteiger partial charge in [0.2, 0.25) is 0 Å². The van der Waals surface area contributed by atoms with E-state index in [0.29, 0.717) is 5.54 Å². The molecule has 0 fully saturated rings. The minimum absolute atomic E-state index is 0.341. The first-order valence-electron chi connectivity index (χ1n) is 28.1. The maximum absolute atomic E-state index is 2.89. The molecule has 1 aliphatic rings. The number of rotatable bonds is 34. The quantitative estimate of drug-likeness (QED) is 0.0249. The van der Waals surface area contributed by atoms with E-state index in [9.17, 15) is 0 Å². The van der Waals surface area contributed by atoms with Crippen LogP contribution in [0, 0.1) is 0 Å². The van der Waals surface area contributed by atoms with Crippen molar-refractivity contribution in [1.29, 1.82) is 0 Å². The smallest absolute Gasteiger partial charge is 0.0669 e. The first-order valence-corrected chi connectivity index (χ1v) is 30.2. The molecular weight excluding hydrogens is 797 g/mol. The van der Waals surface area contributed by atoms with Gasteiger partial charge in [-0.2, -0.15) is 0 Å². The minimum Gasteiger partial charge on any atom is -0.0669 e. The van der Waals surface area contributed by atoms with E-state index in [1.807, 2.05) is 0 Å². The van der Waals surface area contributed by atoms with Crippen molar-refractivity contribution in [3.63, 3.8) is 0 Å². The summed E-state index contributed by atoms with van der Waals surface area (Å²) in [5.41, 5.74) is 14.5. The van der Waals surface area contributed by atoms with Crippen molar-refractivity contribution < 1.29 is 0 Å². The van der Waals surface area contributed by atoms with E-state index < -0.39 is 8.07 Å². The molecule has 1 aliphatic carbocycles. The largest absolute Gasteiger partial charge is 0.159 e. The predicted octanol–water partition coefficient (Wildman–Crippen LogP) is 17.6. The molecule has 5 rings (SSSR count). The predicted molar refractivity (Wildman–Crippen MR) is 294 cm³/mol. The first-order chi connectivity index (χ1) is 31.9.